The van der Waals surface area contributed by atoms with Crippen LogP contribution in [0.4, 0.5) is 0 Å². The van der Waals surface area contributed by atoms with Crippen molar-refractivity contribution in [3.63, 3.8) is 0 Å². The highest BCUT2D eigenvalue weighted by Gasteiger charge is 2.08. The van der Waals surface area contributed by atoms with Crippen molar-refractivity contribution in [2.24, 2.45) is 0 Å². The molecule has 140 valence electrons. The van der Waals surface area contributed by atoms with Crippen LogP contribution < -0.4 is 0 Å². The van der Waals surface area contributed by atoms with Gasteiger partial charge in [0.15, 0.2) is 0 Å². The van der Waals surface area contributed by atoms with E-state index in [0.29, 0.717) is 0 Å². The number of hydrogen-bond acceptors (Lipinski definition) is 3. The summed E-state index contributed by atoms with van der Waals surface area (Å²) in [6, 6.07) is 0. The first-order chi connectivity index (χ1) is 11.2. The first-order valence-electron chi connectivity index (χ1n) is 10.2. The van der Waals surface area contributed by atoms with Gasteiger partial charge in [-0.1, -0.05) is 71.6 Å². The van der Waals surface area contributed by atoms with Gasteiger partial charge in [0.25, 0.3) is 0 Å². The molecule has 3 rings (SSSR count). The normalized spacial score (nSPS) is 23.3. The van der Waals surface area contributed by atoms with Crippen molar-refractivity contribution in [2.75, 3.05) is 0 Å². The fourth-order valence-corrected chi connectivity index (χ4v) is 3.24. The van der Waals surface area contributed by atoms with E-state index in [9.17, 15) is 0 Å². The van der Waals surface area contributed by atoms with Crippen molar-refractivity contribution >= 4 is 0 Å². The second kappa shape index (κ2) is 16.7. The molecule has 3 N–H and O–H groups in total. The minimum absolute atomic E-state index is 0.0359. The highest BCUT2D eigenvalue weighted by atomic mass is 16.3. The molecule has 3 saturated carbocycles. The molecule has 3 heteroatoms. The number of hydrogen-bond donors (Lipinski definition) is 3. The van der Waals surface area contributed by atoms with Crippen LogP contribution in [-0.2, 0) is 0 Å². The molecule has 3 aliphatic carbocycles. The fourth-order valence-electron chi connectivity index (χ4n) is 3.24. The second-order valence-electron chi connectivity index (χ2n) is 6.88. The van der Waals surface area contributed by atoms with Gasteiger partial charge in [-0.05, 0) is 38.5 Å². The van der Waals surface area contributed by atoms with Gasteiger partial charge in [-0.2, -0.15) is 0 Å². The summed E-state index contributed by atoms with van der Waals surface area (Å²) in [6.07, 6.45) is 17.8. The minimum atomic E-state index is 0.0359. The van der Waals surface area contributed by atoms with E-state index < -0.39 is 0 Å². The summed E-state index contributed by atoms with van der Waals surface area (Å²) in [6.45, 7) is 4.00. The molecule has 0 aromatic heterocycles. The van der Waals surface area contributed by atoms with Crippen molar-refractivity contribution < 1.29 is 15.3 Å². The largest absolute Gasteiger partial charge is 0.393 e. The number of aliphatic hydroxyl groups excluding tert-OH is 3. The maximum Gasteiger partial charge on any atom is 0.0540 e. The van der Waals surface area contributed by atoms with Crippen molar-refractivity contribution in [3.05, 3.63) is 0 Å². The van der Waals surface area contributed by atoms with Gasteiger partial charge in [-0.3, -0.25) is 0 Å². The van der Waals surface area contributed by atoms with E-state index in [0.717, 1.165) is 38.5 Å². The van der Waals surface area contributed by atoms with Crippen LogP contribution in [0.3, 0.4) is 0 Å². The van der Waals surface area contributed by atoms with Gasteiger partial charge in [-0.15, -0.1) is 0 Å². The topological polar surface area (TPSA) is 60.7 Å². The summed E-state index contributed by atoms with van der Waals surface area (Å²) in [5.41, 5.74) is 0. The van der Waals surface area contributed by atoms with E-state index in [1.54, 1.807) is 0 Å². The molecule has 0 bridgehead atoms. The predicted molar refractivity (Wildman–Crippen MR) is 98.6 cm³/mol. The van der Waals surface area contributed by atoms with Gasteiger partial charge < -0.3 is 15.3 Å². The second-order valence-corrected chi connectivity index (χ2v) is 6.88. The van der Waals surface area contributed by atoms with Crippen LogP contribution >= 0.6 is 0 Å². The summed E-state index contributed by atoms with van der Waals surface area (Å²) >= 11 is 0. The molecule has 3 fully saturated rings. The molecule has 0 heterocycles. The van der Waals surface area contributed by atoms with E-state index >= 15 is 0 Å². The molecular formula is C20H42O3. The lowest BCUT2D eigenvalue weighted by Crippen LogP contribution is -2.09. The highest BCUT2D eigenvalue weighted by molar-refractivity contribution is 4.62. The third-order valence-corrected chi connectivity index (χ3v) is 4.72. The van der Waals surface area contributed by atoms with Crippen LogP contribution in [0.2, 0.25) is 0 Å². The number of rotatable bonds is 0. The molecule has 3 aliphatic rings. The van der Waals surface area contributed by atoms with Crippen LogP contribution in [0, 0.1) is 0 Å². The zero-order valence-electron chi connectivity index (χ0n) is 15.7. The van der Waals surface area contributed by atoms with Crippen molar-refractivity contribution in [1.29, 1.82) is 0 Å². The molecular weight excluding hydrogens is 288 g/mol. The molecule has 0 saturated heterocycles. The van der Waals surface area contributed by atoms with E-state index in [1.165, 1.54) is 57.8 Å². The Labute approximate surface area is 144 Å². The van der Waals surface area contributed by atoms with Crippen molar-refractivity contribution in [1.82, 2.24) is 0 Å². The Morgan fingerprint density at radius 2 is 0.565 bits per heavy atom. The first-order valence-corrected chi connectivity index (χ1v) is 10.2. The summed E-state index contributed by atoms with van der Waals surface area (Å²) in [7, 11) is 0. The molecule has 0 aliphatic heterocycles. The Balaban J connectivity index is 0.000000299. The zero-order valence-corrected chi connectivity index (χ0v) is 15.7. The molecule has 0 amide bonds. The Morgan fingerprint density at radius 1 is 0.391 bits per heavy atom. The molecule has 0 radical (unpaired) electrons. The van der Waals surface area contributed by atoms with E-state index in [1.807, 2.05) is 13.8 Å². The summed E-state index contributed by atoms with van der Waals surface area (Å²) in [4.78, 5) is 0. The van der Waals surface area contributed by atoms with Crippen molar-refractivity contribution in [2.45, 2.75) is 128 Å². The van der Waals surface area contributed by atoms with Gasteiger partial charge in [0.2, 0.25) is 0 Å². The van der Waals surface area contributed by atoms with Crippen LogP contribution in [0.15, 0.2) is 0 Å². The monoisotopic (exact) mass is 330 g/mol. The Hall–Kier alpha value is -0.120. The molecule has 0 atom stereocenters. The maximum atomic E-state index is 8.91. The highest BCUT2D eigenvalue weighted by Crippen LogP contribution is 2.17. The zero-order chi connectivity index (χ0) is 17.3. The van der Waals surface area contributed by atoms with Gasteiger partial charge in [0.05, 0.1) is 18.3 Å². The van der Waals surface area contributed by atoms with Crippen LogP contribution in [-0.4, -0.2) is 33.6 Å². The average Bonchev–Trinajstić information content (AvgIpc) is 2.60. The molecule has 0 spiro atoms. The molecule has 3 nitrogen and oxygen atoms in total. The van der Waals surface area contributed by atoms with Crippen LogP contribution in [0.25, 0.3) is 0 Å². The first kappa shape index (κ1) is 22.9. The lowest BCUT2D eigenvalue weighted by Gasteiger charge is -2.14. The van der Waals surface area contributed by atoms with Gasteiger partial charge in [0, 0.05) is 0 Å². The van der Waals surface area contributed by atoms with E-state index in [-0.39, 0.29) is 18.3 Å². The maximum absolute atomic E-state index is 8.91. The summed E-state index contributed by atoms with van der Waals surface area (Å²) in [5, 5.41) is 26.7. The molecule has 0 aromatic carbocycles. The van der Waals surface area contributed by atoms with Gasteiger partial charge in [-0.25, -0.2) is 0 Å². The Morgan fingerprint density at radius 3 is 0.652 bits per heavy atom. The quantitative estimate of drug-likeness (QED) is 0.588. The van der Waals surface area contributed by atoms with Crippen molar-refractivity contribution in [3.8, 4) is 0 Å². The summed E-state index contributed by atoms with van der Waals surface area (Å²) in [5.74, 6) is 0. The van der Waals surface area contributed by atoms with E-state index in [2.05, 4.69) is 0 Å². The minimum Gasteiger partial charge on any atom is -0.393 e. The Bertz CT molecular complexity index is 177. The lowest BCUT2D eigenvalue weighted by molar-refractivity contribution is 0.130. The van der Waals surface area contributed by atoms with Crippen LogP contribution in [0.5, 0.6) is 0 Å². The molecule has 23 heavy (non-hydrogen) atoms. The number of aliphatic hydroxyl groups is 3. The molecule has 0 unspecified atom stereocenters. The van der Waals surface area contributed by atoms with E-state index in [4.69, 9.17) is 15.3 Å². The Kier molecular flexibility index (Phi) is 16.6. The van der Waals surface area contributed by atoms with Gasteiger partial charge in [0.1, 0.15) is 0 Å². The summed E-state index contributed by atoms with van der Waals surface area (Å²) < 4.78 is 0. The van der Waals surface area contributed by atoms with Gasteiger partial charge >= 0.3 is 0 Å². The third-order valence-electron chi connectivity index (χ3n) is 4.72. The smallest absolute Gasteiger partial charge is 0.0540 e. The third kappa shape index (κ3) is 15.2. The predicted octanol–water partition coefficient (Wildman–Crippen LogP) is 4.96. The fraction of sp³-hybridized carbons (Fsp3) is 1.00. The van der Waals surface area contributed by atoms with Crippen LogP contribution in [0.1, 0.15) is 110 Å². The average molecular weight is 331 g/mol. The molecule has 0 aromatic rings. The SMILES string of the molecule is CC.OC1CCCCC1.OC1CCCCC1.OC1CCCCC1. The standard InChI is InChI=1S/3C6H12O.C2H6/c3*7-6-4-2-1-3-5-6;1-2/h3*6-7H,1-5H2;1-2H3. The lowest BCUT2D eigenvalue weighted by atomic mass is 9.98.